The molecular formula is C90H141N9O44. The number of ketones is 2. The number of benzene rings is 1. The molecule has 23 aliphatic heterocycles. The van der Waals surface area contributed by atoms with E-state index in [9.17, 15) is 130 Å². The molecule has 0 radical (unpaired) electrons. The van der Waals surface area contributed by atoms with Crippen molar-refractivity contribution in [3.8, 4) is 0 Å². The molecule has 143 heavy (non-hydrogen) atoms. The molecule has 32 unspecified atom stereocenters. The number of primary amides is 1. The van der Waals surface area contributed by atoms with Crippen LogP contribution in [0.25, 0.3) is 0 Å². The van der Waals surface area contributed by atoms with E-state index in [0.29, 0.717) is 36.2 Å². The maximum atomic E-state index is 14.6. The second kappa shape index (κ2) is 56.3. The molecule has 23 fully saturated rings. The molecule has 24 aliphatic rings. The Kier molecular flexibility index (Phi) is 45.6. The van der Waals surface area contributed by atoms with E-state index in [1.807, 2.05) is 0 Å². The Morgan fingerprint density at radius 1 is 0.503 bits per heavy atom. The first-order chi connectivity index (χ1) is 68.5. The third-order valence-electron chi connectivity index (χ3n) is 26.4. The van der Waals surface area contributed by atoms with Gasteiger partial charge in [0.2, 0.25) is 29.5 Å². The highest BCUT2D eigenvalue weighted by Crippen LogP contribution is 2.41. The van der Waals surface area contributed by atoms with E-state index in [2.05, 4.69) is 31.6 Å². The van der Waals surface area contributed by atoms with Crippen LogP contribution in [0.2, 0.25) is 0 Å². The number of fused-ring (bicyclic) bond motifs is 1. The molecule has 1 aromatic heterocycles. The van der Waals surface area contributed by atoms with Crippen molar-refractivity contribution in [1.29, 1.82) is 0 Å². The number of ether oxygens (including phenoxy) is 18. The van der Waals surface area contributed by atoms with Gasteiger partial charge in [0.15, 0.2) is 43.5 Å². The summed E-state index contributed by atoms with van der Waals surface area (Å²) in [5.41, 5.74) is 6.93. The molecule has 1 aliphatic carbocycles. The van der Waals surface area contributed by atoms with Crippen LogP contribution < -0.4 is 27.0 Å². The SMILES string of the molecule is CC(=O)OCc1ccc(NC(=O)[C@H](CCCNC(N)=O)CC(=O)[C@@H](NC(=O)[C@@H](CCCCNC(=O)COC2CCCCCc3c2nnn3CC2OC3OC4C(CO)OC(OC5C(CO)OC(OC6C(CO)OC(OC7C(CO)OC(OC8C(CO)OC(OC2C(O)C3O)C(O)C8O)C(O)C7O)C(O)C6O)C(O)C5O)C(O)C4O)CC(=O)CCOCCOCCOCCOCCN2C(=O)CC(C)C2=O)C(C)C)cc1. The number of esters is 1. The number of carbonyl (C=O) groups excluding carboxylic acids is 9. The van der Waals surface area contributed by atoms with Crippen molar-refractivity contribution in [1.82, 2.24) is 35.8 Å². The molecule has 24 heterocycles. The highest BCUT2D eigenvalue weighted by molar-refractivity contribution is 6.03. The van der Waals surface area contributed by atoms with Crippen LogP contribution >= 0.6 is 0 Å². The summed E-state index contributed by atoms with van der Waals surface area (Å²) in [6, 6.07) is 4.53. The van der Waals surface area contributed by atoms with E-state index in [4.69, 9.17) is 91.0 Å². The molecule has 0 spiro atoms. The van der Waals surface area contributed by atoms with Crippen LogP contribution in [-0.4, -0.2) is 462 Å². The maximum absolute atomic E-state index is 14.6. The summed E-state index contributed by atoms with van der Waals surface area (Å²) < 4.78 is 107. The number of unbranched alkanes of at least 4 members (excludes halogenated alkanes) is 1. The van der Waals surface area contributed by atoms with Crippen LogP contribution in [0.1, 0.15) is 134 Å². The minimum Gasteiger partial charge on any atom is -0.461 e. The molecule has 53 nitrogen and oxygen atoms in total. The number of imide groups is 1. The fourth-order valence-electron chi connectivity index (χ4n) is 18.3. The van der Waals surface area contributed by atoms with Crippen molar-refractivity contribution in [2.75, 3.05) is 117 Å². The zero-order chi connectivity index (χ0) is 104. The zero-order valence-electron chi connectivity index (χ0n) is 79.9. The zero-order valence-corrected chi connectivity index (χ0v) is 79.9. The maximum Gasteiger partial charge on any atom is 0.312 e. The lowest BCUT2D eigenvalue weighted by molar-refractivity contribution is -0.403. The first-order valence-electron chi connectivity index (χ1n) is 48.4. The largest absolute Gasteiger partial charge is 0.461 e. The van der Waals surface area contributed by atoms with Crippen molar-refractivity contribution >= 4 is 58.8 Å². The lowest BCUT2D eigenvalue weighted by Gasteiger charge is -2.50. The summed E-state index contributed by atoms with van der Waals surface area (Å²) in [6.07, 6.45) is -60.0. The van der Waals surface area contributed by atoms with E-state index in [-0.39, 0.29) is 179 Å². The van der Waals surface area contributed by atoms with E-state index in [0.717, 1.165) is 0 Å². The first-order valence-corrected chi connectivity index (χ1v) is 48.4. The summed E-state index contributed by atoms with van der Waals surface area (Å²) in [7, 11) is 0. The average Bonchev–Trinajstić information content (AvgIpc) is 1.74. The Bertz CT molecular complexity index is 4310. The number of rotatable bonds is 46. The number of nitrogens with zero attached hydrogens (tertiary/aromatic N) is 4. The second-order valence-electron chi connectivity index (χ2n) is 37.1. The number of amides is 7. The predicted molar refractivity (Wildman–Crippen MR) is 475 cm³/mol. The lowest BCUT2D eigenvalue weighted by Crippen LogP contribution is -2.69. The van der Waals surface area contributed by atoms with Gasteiger partial charge in [0.1, 0.15) is 177 Å². The summed E-state index contributed by atoms with van der Waals surface area (Å²) in [6.45, 7) is 1.47. The fraction of sp³-hybridized carbons (Fsp3) is 0.811. The predicted octanol–water partition coefficient (Wildman–Crippen LogP) is -9.00. The number of nitrogens with one attached hydrogen (secondary N) is 4. The Hall–Kier alpha value is -7.37. The Morgan fingerprint density at radius 3 is 1.36 bits per heavy atom. The van der Waals surface area contributed by atoms with Crippen LogP contribution in [0.3, 0.4) is 0 Å². The third kappa shape index (κ3) is 31.2. The minimum atomic E-state index is -2.29. The Balaban J connectivity index is 0.753. The van der Waals surface area contributed by atoms with Crippen LogP contribution in [0, 0.1) is 23.7 Å². The van der Waals surface area contributed by atoms with Gasteiger partial charge >= 0.3 is 12.0 Å². The number of urea groups is 1. The number of likely N-dealkylation sites (tertiary alicyclic amines) is 1. The van der Waals surface area contributed by atoms with Gasteiger partial charge < -0.3 is 199 Å². The van der Waals surface area contributed by atoms with Crippen molar-refractivity contribution < 1.29 is 215 Å². The molecular weight excluding hydrogens is 1910 g/mol. The number of hydrogen-bond acceptors (Lipinski definition) is 46. The van der Waals surface area contributed by atoms with E-state index in [1.54, 1.807) is 45.0 Å². The van der Waals surface area contributed by atoms with Crippen LogP contribution in [0.15, 0.2) is 24.3 Å². The summed E-state index contributed by atoms with van der Waals surface area (Å²) >= 11 is 0. The van der Waals surface area contributed by atoms with Crippen molar-refractivity contribution in [3.63, 3.8) is 0 Å². The third-order valence-corrected chi connectivity index (χ3v) is 26.4. The van der Waals surface area contributed by atoms with Crippen LogP contribution in [0.4, 0.5) is 10.5 Å². The number of aliphatic hydroxyl groups is 17. The van der Waals surface area contributed by atoms with Crippen molar-refractivity contribution in [3.05, 3.63) is 41.2 Å². The van der Waals surface area contributed by atoms with Gasteiger partial charge in [-0.05, 0) is 68.6 Å². The highest BCUT2D eigenvalue weighted by Gasteiger charge is 2.60. The molecule has 26 rings (SSSR count). The topological polar surface area (TPSA) is 772 Å². The Morgan fingerprint density at radius 2 is 0.930 bits per heavy atom. The Labute approximate surface area is 821 Å². The fourth-order valence-corrected chi connectivity index (χ4v) is 18.3. The quantitative estimate of drug-likeness (QED) is 0.0166. The second-order valence-corrected chi connectivity index (χ2v) is 37.1. The number of carbonyl (C=O) groups is 9. The smallest absolute Gasteiger partial charge is 0.312 e. The van der Waals surface area contributed by atoms with E-state index >= 15 is 0 Å². The molecule has 23 N–H and O–H groups in total. The number of Topliss-reactive ketones (excluding diaryl/α,β-unsaturated/α-hetero) is 2. The van der Waals surface area contributed by atoms with E-state index < -0.39 is 296 Å². The molecule has 7 amide bonds. The summed E-state index contributed by atoms with van der Waals surface area (Å²) in [5.74, 6) is -6.43. The van der Waals surface area contributed by atoms with Crippen molar-refractivity contribution in [2.24, 2.45) is 29.4 Å². The van der Waals surface area contributed by atoms with E-state index in [1.165, 1.54) is 16.5 Å². The van der Waals surface area contributed by atoms with Gasteiger partial charge in [-0.15, -0.1) is 5.10 Å². The lowest BCUT2D eigenvalue weighted by atomic mass is 9.88. The molecule has 35 atom stereocenters. The molecule has 810 valence electrons. The standard InChI is InChI=1S/C90H141N9O44/c1-42(2)61(51(107)33-47(12-10-21-93-90(91)125)81(122)94-48-17-15-45(16-18-48)40-130-44(4)105)95-82(123)46(32-49(106)19-23-126-25-27-128-29-30-129-28-26-127-24-22-98-60(109)31-43(3)83(98)124)11-8-9-20-92-59(108)41-131-52-14-7-5-6-13-50-62(52)96-97-99(50)34-53-75-63(110)69(116)84(132-53)139-76-54(35-100)134-86(71(118)65(76)112)141-78-56(37-102)136-88(73(120)67(78)114)143-80-58(39-104)137-89(74(121)68(80)115)142-79-57(38-103)135-87(72(119)66(79)113)140-77-55(36-101)133-85(138-75)70(117)64(77)111/h15-18,42-43,46-47,52-58,61,63-80,84-89,100-104,110-121H,5-14,19-41H2,1-4H3,(H,92,108)(H,94,122)(H,95,123)(H3,91,93,125)/t43?,46-,47+,52?,53?,54?,55?,56?,57?,58?,61-,63?,64?,65?,66?,67?,68?,69?,70?,71?,72?,73?,74?,75?,76?,77?,78?,79?,80?,84?,85?,86?,87?,88?,89?/m0/s1. The number of anilines is 1. The van der Waals surface area contributed by atoms with Gasteiger partial charge in [0.25, 0.3) is 0 Å². The summed E-state index contributed by atoms with van der Waals surface area (Å²) in [4.78, 5) is 119. The van der Waals surface area contributed by atoms with Gasteiger partial charge in [-0.1, -0.05) is 57.4 Å². The molecule has 23 saturated heterocycles. The summed E-state index contributed by atoms with van der Waals surface area (Å²) in [5, 5.41) is 215. The van der Waals surface area contributed by atoms with Gasteiger partial charge in [0.05, 0.1) is 111 Å². The normalized spacial score (nSPS) is 34.7. The highest BCUT2D eigenvalue weighted by atomic mass is 16.8. The molecule has 0 saturated carbocycles. The average molecular weight is 2050 g/mol. The van der Waals surface area contributed by atoms with Crippen LogP contribution in [0.5, 0.6) is 0 Å². The number of nitrogens with two attached hydrogens (primary N) is 1. The van der Waals surface area contributed by atoms with Gasteiger partial charge in [0, 0.05) is 69.1 Å². The molecule has 53 heteroatoms. The first kappa shape index (κ1) is 116. The van der Waals surface area contributed by atoms with Gasteiger partial charge in [-0.3, -0.25) is 43.3 Å². The monoisotopic (exact) mass is 2050 g/mol. The molecule has 12 bridgehead atoms. The molecule has 1 aromatic carbocycles. The van der Waals surface area contributed by atoms with Crippen LogP contribution in [-0.2, 0) is 143 Å². The molecule has 2 aromatic rings. The number of hydrogen-bond donors (Lipinski definition) is 22. The minimum absolute atomic E-state index is 0.00833. The van der Waals surface area contributed by atoms with Gasteiger partial charge in [-0.2, -0.15) is 0 Å². The van der Waals surface area contributed by atoms with Gasteiger partial charge in [-0.25, -0.2) is 9.48 Å². The van der Waals surface area contributed by atoms with Crippen molar-refractivity contribution in [2.45, 2.75) is 327 Å². The number of aliphatic hydroxyl groups excluding tert-OH is 17. The number of aromatic nitrogens is 3.